The average Bonchev–Trinajstić information content (AvgIpc) is 2.47. The second-order valence-electron chi connectivity index (χ2n) is 6.06. The highest BCUT2D eigenvalue weighted by atomic mass is 16.5. The number of hydrogen-bond donors (Lipinski definition) is 1. The number of nitrogens with zero attached hydrogens (tertiary/aromatic N) is 2. The molecule has 1 aliphatic heterocycles. The van der Waals surface area contributed by atoms with Gasteiger partial charge >= 0.3 is 0 Å². The summed E-state index contributed by atoms with van der Waals surface area (Å²) in [7, 11) is 3.57. The summed E-state index contributed by atoms with van der Waals surface area (Å²) in [6.45, 7) is 7.52. The summed E-state index contributed by atoms with van der Waals surface area (Å²) in [5.41, 5.74) is 1.15. The SMILES string of the molecule is CN=C(NCc1ccccc1OC)N1CC(C)CC(C)C1. The summed E-state index contributed by atoms with van der Waals surface area (Å²) in [5, 5.41) is 3.47. The van der Waals surface area contributed by atoms with E-state index in [1.54, 1.807) is 7.11 Å². The molecule has 2 atom stereocenters. The Morgan fingerprint density at radius 1 is 1.29 bits per heavy atom. The highest BCUT2D eigenvalue weighted by Gasteiger charge is 2.23. The molecular weight excluding hydrogens is 262 g/mol. The number of likely N-dealkylation sites (tertiary alicyclic amines) is 1. The van der Waals surface area contributed by atoms with Crippen molar-refractivity contribution in [2.24, 2.45) is 16.8 Å². The lowest BCUT2D eigenvalue weighted by atomic mass is 9.92. The van der Waals surface area contributed by atoms with Gasteiger partial charge in [0.1, 0.15) is 5.75 Å². The Kier molecular flexibility index (Phi) is 5.48. The molecule has 4 nitrogen and oxygen atoms in total. The lowest BCUT2D eigenvalue weighted by molar-refractivity contribution is 0.208. The second kappa shape index (κ2) is 7.34. The van der Waals surface area contributed by atoms with Gasteiger partial charge in [-0.2, -0.15) is 0 Å². The van der Waals surface area contributed by atoms with E-state index in [2.05, 4.69) is 35.1 Å². The molecule has 1 fully saturated rings. The minimum atomic E-state index is 0.721. The topological polar surface area (TPSA) is 36.9 Å². The zero-order valence-corrected chi connectivity index (χ0v) is 13.6. The van der Waals surface area contributed by atoms with Gasteiger partial charge in [0.05, 0.1) is 7.11 Å². The van der Waals surface area contributed by atoms with Crippen LogP contribution in [0.15, 0.2) is 29.3 Å². The van der Waals surface area contributed by atoms with Gasteiger partial charge in [0, 0.05) is 32.2 Å². The molecular formula is C17H27N3O. The third kappa shape index (κ3) is 4.13. The summed E-state index contributed by atoms with van der Waals surface area (Å²) >= 11 is 0. The van der Waals surface area contributed by atoms with E-state index >= 15 is 0 Å². The number of para-hydroxylation sites is 1. The Balaban J connectivity index is 2.00. The molecule has 0 spiro atoms. The summed E-state index contributed by atoms with van der Waals surface area (Å²) < 4.78 is 5.40. The number of methoxy groups -OCH3 is 1. The first-order valence-electron chi connectivity index (χ1n) is 7.71. The van der Waals surface area contributed by atoms with Crippen molar-refractivity contribution in [2.45, 2.75) is 26.8 Å². The molecule has 2 rings (SSSR count). The molecule has 1 heterocycles. The first kappa shape index (κ1) is 15.7. The van der Waals surface area contributed by atoms with Crippen LogP contribution < -0.4 is 10.1 Å². The standard InChI is InChI=1S/C17H27N3O/c1-13-9-14(2)12-20(11-13)17(18-3)19-10-15-7-5-6-8-16(15)21-4/h5-8,13-14H,9-12H2,1-4H3,(H,18,19). The highest BCUT2D eigenvalue weighted by molar-refractivity contribution is 5.80. The van der Waals surface area contributed by atoms with Crippen LogP contribution in [0.4, 0.5) is 0 Å². The van der Waals surface area contributed by atoms with E-state index < -0.39 is 0 Å². The van der Waals surface area contributed by atoms with Crippen LogP contribution in [0, 0.1) is 11.8 Å². The summed E-state index contributed by atoms with van der Waals surface area (Å²) in [5.74, 6) is 3.34. The van der Waals surface area contributed by atoms with Crippen molar-refractivity contribution < 1.29 is 4.74 Å². The van der Waals surface area contributed by atoms with Crippen molar-refractivity contribution in [1.82, 2.24) is 10.2 Å². The lowest BCUT2D eigenvalue weighted by Gasteiger charge is -2.37. The molecule has 0 amide bonds. The largest absolute Gasteiger partial charge is 0.496 e. The maximum Gasteiger partial charge on any atom is 0.193 e. The van der Waals surface area contributed by atoms with E-state index in [9.17, 15) is 0 Å². The number of aliphatic imine (C=N–C) groups is 1. The van der Waals surface area contributed by atoms with Gasteiger partial charge in [-0.3, -0.25) is 4.99 Å². The number of benzene rings is 1. The summed E-state index contributed by atoms with van der Waals surface area (Å²) in [6, 6.07) is 8.10. The fraction of sp³-hybridized carbons (Fsp3) is 0.588. The van der Waals surface area contributed by atoms with Crippen LogP contribution in [-0.2, 0) is 6.54 Å². The first-order valence-corrected chi connectivity index (χ1v) is 7.71. The number of hydrogen-bond acceptors (Lipinski definition) is 2. The van der Waals surface area contributed by atoms with Gasteiger partial charge in [-0.15, -0.1) is 0 Å². The van der Waals surface area contributed by atoms with Crippen LogP contribution in [0.25, 0.3) is 0 Å². The van der Waals surface area contributed by atoms with Gasteiger partial charge < -0.3 is 15.0 Å². The molecule has 21 heavy (non-hydrogen) atoms. The van der Waals surface area contributed by atoms with Crippen LogP contribution >= 0.6 is 0 Å². The molecule has 1 aromatic rings. The normalized spacial score (nSPS) is 23.0. The molecule has 0 bridgehead atoms. The van der Waals surface area contributed by atoms with Gasteiger partial charge in [0.15, 0.2) is 5.96 Å². The number of ether oxygens (including phenoxy) is 1. The summed E-state index contributed by atoms with van der Waals surface area (Å²) in [6.07, 6.45) is 1.31. The average molecular weight is 289 g/mol. The predicted octanol–water partition coefficient (Wildman–Crippen LogP) is 2.75. The number of piperidine rings is 1. The fourth-order valence-electron chi connectivity index (χ4n) is 3.19. The molecule has 0 radical (unpaired) electrons. The molecule has 4 heteroatoms. The molecule has 0 aliphatic carbocycles. The van der Waals surface area contributed by atoms with Gasteiger partial charge in [-0.1, -0.05) is 32.0 Å². The monoisotopic (exact) mass is 289 g/mol. The molecule has 1 aromatic carbocycles. The van der Waals surface area contributed by atoms with Crippen molar-refractivity contribution in [3.8, 4) is 5.75 Å². The number of guanidine groups is 1. The van der Waals surface area contributed by atoms with E-state index in [-0.39, 0.29) is 0 Å². The smallest absolute Gasteiger partial charge is 0.193 e. The maximum absolute atomic E-state index is 5.40. The Bertz CT molecular complexity index is 477. The predicted molar refractivity (Wildman–Crippen MR) is 87.7 cm³/mol. The van der Waals surface area contributed by atoms with Crippen LogP contribution in [0.1, 0.15) is 25.8 Å². The molecule has 1 N–H and O–H groups in total. The Morgan fingerprint density at radius 2 is 1.95 bits per heavy atom. The minimum Gasteiger partial charge on any atom is -0.496 e. The van der Waals surface area contributed by atoms with E-state index in [0.29, 0.717) is 0 Å². The van der Waals surface area contributed by atoms with Crippen molar-refractivity contribution in [3.05, 3.63) is 29.8 Å². The summed E-state index contributed by atoms with van der Waals surface area (Å²) in [4.78, 5) is 6.81. The lowest BCUT2D eigenvalue weighted by Crippen LogP contribution is -2.48. The van der Waals surface area contributed by atoms with E-state index in [0.717, 1.165) is 48.7 Å². The molecule has 1 saturated heterocycles. The van der Waals surface area contributed by atoms with Crippen molar-refractivity contribution in [1.29, 1.82) is 0 Å². The van der Waals surface area contributed by atoms with E-state index in [1.165, 1.54) is 6.42 Å². The van der Waals surface area contributed by atoms with Crippen LogP contribution in [0.5, 0.6) is 5.75 Å². The van der Waals surface area contributed by atoms with Crippen LogP contribution in [0.2, 0.25) is 0 Å². The Morgan fingerprint density at radius 3 is 2.57 bits per heavy atom. The molecule has 1 aliphatic rings. The molecule has 0 saturated carbocycles. The quantitative estimate of drug-likeness (QED) is 0.686. The molecule has 2 unspecified atom stereocenters. The van der Waals surface area contributed by atoms with E-state index in [4.69, 9.17) is 4.74 Å². The second-order valence-corrected chi connectivity index (χ2v) is 6.06. The third-order valence-corrected chi connectivity index (χ3v) is 4.01. The minimum absolute atomic E-state index is 0.721. The van der Waals surface area contributed by atoms with Crippen molar-refractivity contribution in [3.63, 3.8) is 0 Å². The molecule has 0 aromatic heterocycles. The number of rotatable bonds is 3. The van der Waals surface area contributed by atoms with Crippen molar-refractivity contribution >= 4 is 5.96 Å². The maximum atomic E-state index is 5.40. The van der Waals surface area contributed by atoms with Gasteiger partial charge in [0.2, 0.25) is 0 Å². The zero-order chi connectivity index (χ0) is 15.2. The van der Waals surface area contributed by atoms with Gasteiger partial charge in [-0.25, -0.2) is 0 Å². The zero-order valence-electron chi connectivity index (χ0n) is 13.6. The Hall–Kier alpha value is -1.71. The van der Waals surface area contributed by atoms with Gasteiger partial charge in [-0.05, 0) is 24.3 Å². The fourth-order valence-corrected chi connectivity index (χ4v) is 3.19. The van der Waals surface area contributed by atoms with E-state index in [1.807, 2.05) is 25.2 Å². The number of nitrogens with one attached hydrogen (secondary N) is 1. The Labute approximate surface area is 128 Å². The van der Waals surface area contributed by atoms with Crippen LogP contribution in [-0.4, -0.2) is 38.1 Å². The van der Waals surface area contributed by atoms with Crippen molar-refractivity contribution in [2.75, 3.05) is 27.2 Å². The first-order chi connectivity index (χ1) is 10.1. The highest BCUT2D eigenvalue weighted by Crippen LogP contribution is 2.21. The third-order valence-electron chi connectivity index (χ3n) is 4.01. The van der Waals surface area contributed by atoms with Crippen LogP contribution in [0.3, 0.4) is 0 Å². The molecule has 116 valence electrons. The van der Waals surface area contributed by atoms with Gasteiger partial charge in [0.25, 0.3) is 0 Å².